The fourth-order valence-electron chi connectivity index (χ4n) is 4.26. The van der Waals surface area contributed by atoms with Gasteiger partial charge in [0.15, 0.2) is 0 Å². The lowest BCUT2D eigenvalue weighted by Gasteiger charge is -2.26. The van der Waals surface area contributed by atoms with Crippen LogP contribution in [0.5, 0.6) is 17.2 Å². The number of nitrogens with zero attached hydrogens (tertiary/aromatic N) is 1. The number of Topliss-reactive ketones (excluding diaryl/α,β-unsaturated/α-hetero) is 1. The molecule has 180 valence electrons. The zero-order valence-electron chi connectivity index (χ0n) is 19.6. The molecule has 3 aromatic carbocycles. The molecular weight excluding hydrogens is 470 g/mol. The van der Waals surface area contributed by atoms with Gasteiger partial charge in [0.25, 0.3) is 11.7 Å². The molecule has 0 spiro atoms. The lowest BCUT2D eigenvalue weighted by Crippen LogP contribution is -2.29. The SMILES string of the molecule is COc1ccc(N2C(=O)C(=O)/C(=C(/O)c3cc(C)c(OC)cc3C)C2c2ccc(O)c(Cl)c2)cc1. The number of ether oxygens (including phenoxy) is 2. The third kappa shape index (κ3) is 4.19. The summed E-state index contributed by atoms with van der Waals surface area (Å²) in [6.45, 7) is 3.60. The van der Waals surface area contributed by atoms with Crippen LogP contribution in [0.15, 0.2) is 60.2 Å². The predicted molar refractivity (Wildman–Crippen MR) is 133 cm³/mol. The largest absolute Gasteiger partial charge is 0.507 e. The van der Waals surface area contributed by atoms with Gasteiger partial charge in [-0.2, -0.15) is 0 Å². The van der Waals surface area contributed by atoms with Gasteiger partial charge in [-0.1, -0.05) is 17.7 Å². The van der Waals surface area contributed by atoms with Gasteiger partial charge in [-0.3, -0.25) is 14.5 Å². The topological polar surface area (TPSA) is 96.3 Å². The summed E-state index contributed by atoms with van der Waals surface area (Å²) in [5, 5.41) is 21.4. The summed E-state index contributed by atoms with van der Waals surface area (Å²) >= 11 is 6.17. The van der Waals surface area contributed by atoms with E-state index in [-0.39, 0.29) is 22.1 Å². The number of aliphatic hydroxyl groups is 1. The summed E-state index contributed by atoms with van der Waals surface area (Å²) in [5.74, 6) is -0.858. The standard InChI is InChI=1S/C27H24ClNO6/c1-14-12-22(35-4)15(2)11-19(14)25(31)23-24(16-5-10-21(30)20(28)13-16)29(27(33)26(23)32)17-6-8-18(34-3)9-7-17/h5-13,24,30-31H,1-4H3/b25-23+. The molecule has 2 N–H and O–H groups in total. The van der Waals surface area contributed by atoms with Crippen molar-refractivity contribution < 1.29 is 29.3 Å². The lowest BCUT2D eigenvalue weighted by atomic mass is 9.93. The highest BCUT2D eigenvalue weighted by atomic mass is 35.5. The van der Waals surface area contributed by atoms with Crippen LogP contribution < -0.4 is 14.4 Å². The van der Waals surface area contributed by atoms with Crippen LogP contribution in [0.2, 0.25) is 5.02 Å². The quantitative estimate of drug-likeness (QED) is 0.284. The molecule has 0 radical (unpaired) electrons. The highest BCUT2D eigenvalue weighted by Crippen LogP contribution is 2.44. The summed E-state index contributed by atoms with van der Waals surface area (Å²) in [6.07, 6.45) is 0. The summed E-state index contributed by atoms with van der Waals surface area (Å²) in [6, 6.07) is 13.6. The molecule has 0 bridgehead atoms. The molecule has 0 aliphatic carbocycles. The van der Waals surface area contributed by atoms with Crippen LogP contribution in [0.3, 0.4) is 0 Å². The second kappa shape index (κ2) is 9.35. The third-order valence-electron chi connectivity index (χ3n) is 6.08. The Morgan fingerprint density at radius 3 is 2.23 bits per heavy atom. The molecule has 1 fully saturated rings. The first-order valence-corrected chi connectivity index (χ1v) is 11.1. The molecule has 0 saturated carbocycles. The number of anilines is 1. The van der Waals surface area contributed by atoms with Gasteiger partial charge in [0.2, 0.25) is 0 Å². The second-order valence-corrected chi connectivity index (χ2v) is 8.62. The van der Waals surface area contributed by atoms with Gasteiger partial charge in [0, 0.05) is 11.3 Å². The third-order valence-corrected chi connectivity index (χ3v) is 6.38. The number of amides is 1. The number of halogens is 1. The average Bonchev–Trinajstić information content (AvgIpc) is 3.12. The summed E-state index contributed by atoms with van der Waals surface area (Å²) < 4.78 is 10.6. The van der Waals surface area contributed by atoms with E-state index in [1.165, 1.54) is 24.1 Å². The van der Waals surface area contributed by atoms with E-state index in [2.05, 4.69) is 0 Å². The molecule has 8 heteroatoms. The molecule has 4 rings (SSSR count). The van der Waals surface area contributed by atoms with Gasteiger partial charge < -0.3 is 19.7 Å². The molecular formula is C27H24ClNO6. The van der Waals surface area contributed by atoms with Gasteiger partial charge >= 0.3 is 0 Å². The number of phenols is 1. The maximum Gasteiger partial charge on any atom is 0.300 e. The smallest absolute Gasteiger partial charge is 0.300 e. The highest BCUT2D eigenvalue weighted by Gasteiger charge is 2.47. The summed E-state index contributed by atoms with van der Waals surface area (Å²) in [5.41, 5.74) is 2.64. The fourth-order valence-corrected chi connectivity index (χ4v) is 4.45. The van der Waals surface area contributed by atoms with Crippen LogP contribution in [0.4, 0.5) is 5.69 Å². The second-order valence-electron chi connectivity index (χ2n) is 8.21. The molecule has 1 saturated heterocycles. The van der Waals surface area contributed by atoms with Crippen molar-refractivity contribution in [3.05, 3.63) is 87.4 Å². The van der Waals surface area contributed by atoms with E-state index in [1.807, 2.05) is 6.92 Å². The Kier molecular flexibility index (Phi) is 6.45. The zero-order chi connectivity index (χ0) is 25.4. The van der Waals surface area contributed by atoms with Gasteiger partial charge in [-0.25, -0.2) is 0 Å². The van der Waals surface area contributed by atoms with Crippen molar-refractivity contribution in [3.8, 4) is 17.2 Å². The van der Waals surface area contributed by atoms with Crippen LogP contribution in [0, 0.1) is 13.8 Å². The zero-order valence-corrected chi connectivity index (χ0v) is 20.4. The van der Waals surface area contributed by atoms with E-state index < -0.39 is 17.7 Å². The number of carbonyl (C=O) groups is 2. The number of ketones is 1. The Morgan fingerprint density at radius 2 is 1.63 bits per heavy atom. The molecule has 1 amide bonds. The summed E-state index contributed by atoms with van der Waals surface area (Å²) in [7, 11) is 3.08. The van der Waals surface area contributed by atoms with Gasteiger partial charge in [0.1, 0.15) is 23.0 Å². The predicted octanol–water partition coefficient (Wildman–Crippen LogP) is 5.31. The first kappa shape index (κ1) is 24.2. The van der Waals surface area contributed by atoms with Gasteiger partial charge in [-0.05, 0) is 79.1 Å². The molecule has 0 aromatic heterocycles. The number of hydrogen-bond donors (Lipinski definition) is 2. The minimum Gasteiger partial charge on any atom is -0.507 e. The molecule has 35 heavy (non-hydrogen) atoms. The van der Waals surface area contributed by atoms with Crippen molar-refractivity contribution in [2.45, 2.75) is 19.9 Å². The maximum absolute atomic E-state index is 13.3. The molecule has 1 aliphatic rings. The number of phenolic OH excluding ortho intramolecular Hbond substituents is 1. The Morgan fingerprint density at radius 1 is 0.943 bits per heavy atom. The minimum absolute atomic E-state index is 0.0549. The number of benzene rings is 3. The number of aliphatic hydroxyl groups excluding tert-OH is 1. The van der Waals surface area contributed by atoms with Crippen molar-refractivity contribution in [2.24, 2.45) is 0 Å². The van der Waals surface area contributed by atoms with E-state index in [9.17, 15) is 19.8 Å². The Balaban J connectivity index is 1.97. The van der Waals surface area contributed by atoms with Crippen molar-refractivity contribution in [3.63, 3.8) is 0 Å². The normalized spacial score (nSPS) is 17.1. The molecule has 7 nitrogen and oxygen atoms in total. The molecule has 1 heterocycles. The first-order valence-electron chi connectivity index (χ1n) is 10.8. The van der Waals surface area contributed by atoms with Crippen LogP contribution in [-0.4, -0.2) is 36.1 Å². The Bertz CT molecular complexity index is 1360. The Hall–Kier alpha value is -3.97. The number of carbonyl (C=O) groups excluding carboxylic acids is 2. The van der Waals surface area contributed by atoms with E-state index in [0.717, 1.165) is 5.56 Å². The maximum atomic E-state index is 13.3. The molecule has 1 atom stereocenters. The van der Waals surface area contributed by atoms with Crippen molar-refractivity contribution in [2.75, 3.05) is 19.1 Å². The van der Waals surface area contributed by atoms with Crippen LogP contribution >= 0.6 is 11.6 Å². The number of methoxy groups -OCH3 is 2. The average molecular weight is 494 g/mol. The lowest BCUT2D eigenvalue weighted by molar-refractivity contribution is -0.132. The minimum atomic E-state index is -0.983. The van der Waals surface area contributed by atoms with Gasteiger partial charge in [0.05, 0.1) is 30.9 Å². The van der Waals surface area contributed by atoms with Crippen molar-refractivity contribution in [1.82, 2.24) is 0 Å². The van der Waals surface area contributed by atoms with Crippen LogP contribution in [-0.2, 0) is 9.59 Å². The van der Waals surface area contributed by atoms with E-state index in [4.69, 9.17) is 21.1 Å². The molecule has 3 aromatic rings. The van der Waals surface area contributed by atoms with Crippen LogP contribution in [0.1, 0.15) is 28.3 Å². The first-order chi connectivity index (χ1) is 16.7. The number of aromatic hydroxyl groups is 1. The fraction of sp³-hybridized carbons (Fsp3) is 0.185. The monoisotopic (exact) mass is 493 g/mol. The van der Waals surface area contributed by atoms with E-state index in [1.54, 1.807) is 56.5 Å². The van der Waals surface area contributed by atoms with Crippen LogP contribution in [0.25, 0.3) is 5.76 Å². The van der Waals surface area contributed by atoms with Gasteiger partial charge in [-0.15, -0.1) is 0 Å². The van der Waals surface area contributed by atoms with E-state index in [0.29, 0.717) is 33.9 Å². The number of aryl methyl sites for hydroxylation is 2. The molecule has 1 unspecified atom stereocenters. The summed E-state index contributed by atoms with van der Waals surface area (Å²) in [4.78, 5) is 27.9. The highest BCUT2D eigenvalue weighted by molar-refractivity contribution is 6.51. The Labute approximate surface area is 207 Å². The van der Waals surface area contributed by atoms with Crippen molar-refractivity contribution in [1.29, 1.82) is 0 Å². The molecule has 1 aliphatic heterocycles. The van der Waals surface area contributed by atoms with Crippen molar-refractivity contribution >= 4 is 34.7 Å². The van der Waals surface area contributed by atoms with E-state index >= 15 is 0 Å². The number of rotatable bonds is 5. The number of hydrogen-bond acceptors (Lipinski definition) is 6.